The van der Waals surface area contributed by atoms with Crippen LogP contribution in [0.15, 0.2) is 48.5 Å². The van der Waals surface area contributed by atoms with E-state index in [1.807, 2.05) is 12.1 Å². The maximum Gasteiger partial charge on any atom is 0.119 e. The van der Waals surface area contributed by atoms with Crippen molar-refractivity contribution in [3.05, 3.63) is 65.2 Å². The molecule has 1 aliphatic heterocycles. The fourth-order valence-corrected chi connectivity index (χ4v) is 4.39. The standard InChI is InChI=1S/C20H23NO/c22-20-10-4-8-16-17-9-5-13-21(19(17)12-11-18(16)20)14-15-6-2-1-3-7-15/h1-4,6-8,10,17,19,22H,5,9,11-14H2/t17-,19+/m1/s1. The van der Waals surface area contributed by atoms with Crippen LogP contribution in [0.25, 0.3) is 0 Å². The molecule has 2 heteroatoms. The van der Waals surface area contributed by atoms with Gasteiger partial charge in [-0.25, -0.2) is 0 Å². The van der Waals surface area contributed by atoms with E-state index in [2.05, 4.69) is 41.3 Å². The zero-order valence-corrected chi connectivity index (χ0v) is 12.9. The Bertz CT molecular complexity index is 652. The Labute approximate surface area is 132 Å². The second-order valence-corrected chi connectivity index (χ2v) is 6.66. The molecule has 22 heavy (non-hydrogen) atoms. The van der Waals surface area contributed by atoms with E-state index < -0.39 is 0 Å². The van der Waals surface area contributed by atoms with Crippen LogP contribution in [-0.2, 0) is 13.0 Å². The van der Waals surface area contributed by atoms with Gasteiger partial charge in [0.2, 0.25) is 0 Å². The van der Waals surface area contributed by atoms with Crippen LogP contribution in [0.3, 0.4) is 0 Å². The maximum atomic E-state index is 10.1. The summed E-state index contributed by atoms with van der Waals surface area (Å²) >= 11 is 0. The first kappa shape index (κ1) is 13.8. The molecular formula is C20H23NO. The highest BCUT2D eigenvalue weighted by Crippen LogP contribution is 2.43. The average Bonchev–Trinajstić information content (AvgIpc) is 2.56. The molecule has 0 amide bonds. The fourth-order valence-electron chi connectivity index (χ4n) is 4.39. The van der Waals surface area contributed by atoms with Crippen LogP contribution in [0.4, 0.5) is 0 Å². The first-order valence-corrected chi connectivity index (χ1v) is 8.41. The van der Waals surface area contributed by atoms with Gasteiger partial charge < -0.3 is 5.11 Å². The Morgan fingerprint density at radius 3 is 2.73 bits per heavy atom. The topological polar surface area (TPSA) is 23.5 Å². The molecule has 0 aromatic heterocycles. The van der Waals surface area contributed by atoms with Crippen molar-refractivity contribution in [1.29, 1.82) is 0 Å². The van der Waals surface area contributed by atoms with E-state index in [0.29, 0.717) is 17.7 Å². The Morgan fingerprint density at radius 1 is 1.00 bits per heavy atom. The van der Waals surface area contributed by atoms with Crippen LogP contribution in [0, 0.1) is 0 Å². The van der Waals surface area contributed by atoms with E-state index in [9.17, 15) is 5.11 Å². The highest BCUT2D eigenvalue weighted by molar-refractivity contribution is 5.44. The number of fused-ring (bicyclic) bond motifs is 3. The van der Waals surface area contributed by atoms with Crippen molar-refractivity contribution in [2.75, 3.05) is 6.54 Å². The largest absolute Gasteiger partial charge is 0.508 e. The summed E-state index contributed by atoms with van der Waals surface area (Å²) in [6, 6.07) is 17.5. The summed E-state index contributed by atoms with van der Waals surface area (Å²) < 4.78 is 0. The van der Waals surface area contributed by atoms with Gasteiger partial charge in [-0.1, -0.05) is 42.5 Å². The van der Waals surface area contributed by atoms with Gasteiger partial charge in [0.15, 0.2) is 0 Å². The van der Waals surface area contributed by atoms with Gasteiger partial charge in [-0.05, 0) is 60.9 Å². The number of piperidine rings is 1. The number of phenols is 1. The van der Waals surface area contributed by atoms with E-state index in [-0.39, 0.29) is 0 Å². The van der Waals surface area contributed by atoms with Gasteiger partial charge in [-0.15, -0.1) is 0 Å². The summed E-state index contributed by atoms with van der Waals surface area (Å²) in [5.41, 5.74) is 4.00. The molecule has 1 fully saturated rings. The number of hydrogen-bond acceptors (Lipinski definition) is 2. The molecule has 0 unspecified atom stereocenters. The minimum absolute atomic E-state index is 0.496. The zero-order chi connectivity index (χ0) is 14.9. The van der Waals surface area contributed by atoms with E-state index in [0.717, 1.165) is 13.0 Å². The molecule has 1 saturated heterocycles. The molecule has 1 heterocycles. The number of aromatic hydroxyl groups is 1. The predicted octanol–water partition coefficient (Wildman–Crippen LogP) is 4.09. The summed E-state index contributed by atoms with van der Waals surface area (Å²) in [6.07, 6.45) is 4.69. The smallest absolute Gasteiger partial charge is 0.119 e. The third kappa shape index (κ3) is 2.42. The summed E-state index contributed by atoms with van der Waals surface area (Å²) in [6.45, 7) is 2.25. The summed E-state index contributed by atoms with van der Waals surface area (Å²) in [5, 5.41) is 10.1. The number of nitrogens with zero attached hydrogens (tertiary/aromatic N) is 1. The van der Waals surface area contributed by atoms with E-state index in [4.69, 9.17) is 0 Å². The molecule has 1 aliphatic carbocycles. The van der Waals surface area contributed by atoms with Crippen LogP contribution >= 0.6 is 0 Å². The van der Waals surface area contributed by atoms with Crippen molar-refractivity contribution in [3.63, 3.8) is 0 Å². The number of likely N-dealkylation sites (tertiary alicyclic amines) is 1. The molecule has 2 aromatic rings. The zero-order valence-electron chi connectivity index (χ0n) is 12.9. The van der Waals surface area contributed by atoms with Crippen molar-refractivity contribution in [2.45, 2.75) is 44.2 Å². The van der Waals surface area contributed by atoms with Gasteiger partial charge in [0, 0.05) is 12.6 Å². The summed E-state index contributed by atoms with van der Waals surface area (Å²) in [4.78, 5) is 2.66. The average molecular weight is 293 g/mol. The van der Waals surface area contributed by atoms with Crippen molar-refractivity contribution in [3.8, 4) is 5.75 Å². The lowest BCUT2D eigenvalue weighted by atomic mass is 9.74. The Balaban J connectivity index is 1.61. The normalized spacial score (nSPS) is 24.5. The number of rotatable bonds is 2. The van der Waals surface area contributed by atoms with Crippen LogP contribution in [0.1, 0.15) is 41.9 Å². The molecule has 0 radical (unpaired) electrons. The molecule has 1 N–H and O–H groups in total. The van der Waals surface area contributed by atoms with Crippen LogP contribution in [0.5, 0.6) is 5.75 Å². The third-order valence-electron chi connectivity index (χ3n) is 5.40. The lowest BCUT2D eigenvalue weighted by molar-refractivity contribution is 0.104. The first-order valence-electron chi connectivity index (χ1n) is 8.41. The summed E-state index contributed by atoms with van der Waals surface area (Å²) in [7, 11) is 0. The van der Waals surface area contributed by atoms with E-state index >= 15 is 0 Å². The van der Waals surface area contributed by atoms with Crippen molar-refractivity contribution in [1.82, 2.24) is 4.90 Å². The Morgan fingerprint density at radius 2 is 1.86 bits per heavy atom. The number of phenolic OH excluding ortho intramolecular Hbond substituents is 1. The molecule has 4 rings (SSSR count). The summed E-state index contributed by atoms with van der Waals surface area (Å²) in [5.74, 6) is 1.09. The van der Waals surface area contributed by atoms with Crippen LogP contribution < -0.4 is 0 Å². The van der Waals surface area contributed by atoms with Gasteiger partial charge >= 0.3 is 0 Å². The molecule has 0 saturated carbocycles. The molecule has 2 aliphatic rings. The highest BCUT2D eigenvalue weighted by Gasteiger charge is 2.36. The first-order chi connectivity index (χ1) is 10.8. The van der Waals surface area contributed by atoms with Gasteiger partial charge in [-0.2, -0.15) is 0 Å². The lowest BCUT2D eigenvalue weighted by Gasteiger charge is -2.45. The number of benzene rings is 2. The molecule has 2 aromatic carbocycles. The van der Waals surface area contributed by atoms with Gasteiger partial charge in [0.25, 0.3) is 0 Å². The van der Waals surface area contributed by atoms with Crippen molar-refractivity contribution >= 4 is 0 Å². The van der Waals surface area contributed by atoms with Crippen molar-refractivity contribution in [2.24, 2.45) is 0 Å². The highest BCUT2D eigenvalue weighted by atomic mass is 16.3. The fraction of sp³-hybridized carbons (Fsp3) is 0.400. The van der Waals surface area contributed by atoms with Gasteiger partial charge in [-0.3, -0.25) is 4.90 Å². The Kier molecular flexibility index (Phi) is 3.63. The second kappa shape index (κ2) is 5.77. The molecule has 2 nitrogen and oxygen atoms in total. The molecule has 0 bridgehead atoms. The van der Waals surface area contributed by atoms with Gasteiger partial charge in [0.05, 0.1) is 0 Å². The SMILES string of the molecule is Oc1cccc2c1CC[C@H]1[C@@H]2CCCN1Cc1ccccc1. The predicted molar refractivity (Wildman–Crippen MR) is 89.0 cm³/mol. The number of hydrogen-bond donors (Lipinski definition) is 1. The molecular weight excluding hydrogens is 270 g/mol. The quantitative estimate of drug-likeness (QED) is 0.901. The minimum Gasteiger partial charge on any atom is -0.508 e. The monoisotopic (exact) mass is 293 g/mol. The van der Waals surface area contributed by atoms with Crippen LogP contribution in [-0.4, -0.2) is 22.6 Å². The molecule has 2 atom stereocenters. The van der Waals surface area contributed by atoms with Crippen LogP contribution in [0.2, 0.25) is 0 Å². The molecule has 0 spiro atoms. The second-order valence-electron chi connectivity index (χ2n) is 6.66. The van der Waals surface area contributed by atoms with E-state index in [1.54, 1.807) is 0 Å². The molecule has 114 valence electrons. The third-order valence-corrected chi connectivity index (χ3v) is 5.40. The Hall–Kier alpha value is -1.80. The maximum absolute atomic E-state index is 10.1. The minimum atomic E-state index is 0.496. The van der Waals surface area contributed by atoms with Gasteiger partial charge in [0.1, 0.15) is 5.75 Å². The van der Waals surface area contributed by atoms with Crippen molar-refractivity contribution < 1.29 is 5.11 Å². The lowest BCUT2D eigenvalue weighted by Crippen LogP contribution is -2.45. The van der Waals surface area contributed by atoms with E-state index in [1.165, 1.54) is 42.5 Å².